The molecule has 0 spiro atoms. The Morgan fingerprint density at radius 2 is 2.44 bits per heavy atom. The predicted octanol–water partition coefficient (Wildman–Crippen LogP) is 0.821. The summed E-state index contributed by atoms with van der Waals surface area (Å²) in [6.45, 7) is 2.55. The van der Waals surface area contributed by atoms with Crippen molar-refractivity contribution in [1.29, 1.82) is 0 Å². The van der Waals surface area contributed by atoms with E-state index in [-0.39, 0.29) is 12.1 Å². The third-order valence-corrected chi connectivity index (χ3v) is 3.72. The van der Waals surface area contributed by atoms with Crippen LogP contribution < -0.4 is 5.32 Å². The minimum absolute atomic E-state index is 0.0292. The van der Waals surface area contributed by atoms with Crippen LogP contribution in [0, 0.1) is 6.92 Å². The highest BCUT2D eigenvalue weighted by atomic mass is 32.1. The predicted molar refractivity (Wildman–Crippen MR) is 65.3 cm³/mol. The first-order valence-corrected chi connectivity index (χ1v) is 6.73. The Morgan fingerprint density at radius 1 is 1.56 bits per heavy atom. The number of nitrogens with one attached hydrogen (secondary N) is 1. The van der Waals surface area contributed by atoms with Crippen LogP contribution in [0.2, 0.25) is 0 Å². The molecule has 0 aromatic carbocycles. The quantitative estimate of drug-likeness (QED) is 0.855. The first-order valence-electron chi connectivity index (χ1n) is 5.85. The number of aromatic nitrogens is 3. The number of rotatable bonds is 3. The maximum absolute atomic E-state index is 9.44. The second-order valence-electron chi connectivity index (χ2n) is 4.43. The van der Waals surface area contributed by atoms with Gasteiger partial charge in [0, 0.05) is 11.9 Å². The van der Waals surface area contributed by atoms with Crippen LogP contribution in [0.25, 0.3) is 0 Å². The average Bonchev–Trinajstić information content (AvgIpc) is 3.01. The van der Waals surface area contributed by atoms with Gasteiger partial charge in [-0.3, -0.25) is 0 Å². The second kappa shape index (κ2) is 4.75. The summed E-state index contributed by atoms with van der Waals surface area (Å²) < 4.78 is 5.22. The number of aryl methyl sites for hydroxylation is 1. The van der Waals surface area contributed by atoms with Gasteiger partial charge >= 0.3 is 0 Å². The van der Waals surface area contributed by atoms with E-state index >= 15 is 0 Å². The second-order valence-corrected chi connectivity index (χ2v) is 5.50. The molecule has 0 radical (unpaired) electrons. The lowest BCUT2D eigenvalue weighted by atomic mass is 10.2. The molecule has 2 aromatic rings. The molecule has 2 N–H and O–H groups in total. The molecular weight excluding hydrogens is 252 g/mol. The van der Waals surface area contributed by atoms with Crippen LogP contribution in [0.5, 0.6) is 0 Å². The van der Waals surface area contributed by atoms with Gasteiger partial charge in [-0.2, -0.15) is 4.98 Å². The minimum atomic E-state index is -0.327. The minimum Gasteiger partial charge on any atom is -0.392 e. The normalized spacial score (nSPS) is 23.7. The van der Waals surface area contributed by atoms with Crippen molar-refractivity contribution in [3.63, 3.8) is 0 Å². The highest BCUT2D eigenvalue weighted by Crippen LogP contribution is 2.22. The van der Waals surface area contributed by atoms with Crippen LogP contribution in [0.3, 0.4) is 0 Å². The van der Waals surface area contributed by atoms with Crippen molar-refractivity contribution in [2.24, 2.45) is 0 Å². The molecule has 3 rings (SSSR count). The average molecular weight is 266 g/mol. The van der Waals surface area contributed by atoms with Crippen LogP contribution >= 0.6 is 11.3 Å². The molecule has 0 unspecified atom stereocenters. The lowest BCUT2D eigenvalue weighted by molar-refractivity contribution is 0.191. The summed E-state index contributed by atoms with van der Waals surface area (Å²) in [7, 11) is 0. The van der Waals surface area contributed by atoms with Gasteiger partial charge < -0.3 is 14.9 Å². The van der Waals surface area contributed by atoms with Crippen molar-refractivity contribution >= 4 is 11.3 Å². The zero-order valence-electron chi connectivity index (χ0n) is 9.96. The fourth-order valence-corrected chi connectivity index (χ4v) is 2.65. The highest BCUT2D eigenvalue weighted by molar-refractivity contribution is 7.09. The molecule has 1 aliphatic heterocycles. The van der Waals surface area contributed by atoms with Gasteiger partial charge in [-0.25, -0.2) is 4.98 Å². The molecule has 0 aliphatic carbocycles. The van der Waals surface area contributed by atoms with Gasteiger partial charge in [-0.05, 0) is 13.3 Å². The van der Waals surface area contributed by atoms with E-state index in [1.54, 1.807) is 11.3 Å². The smallest absolute Gasteiger partial charge is 0.243 e. The molecule has 6 nitrogen and oxygen atoms in total. The molecule has 1 fully saturated rings. The van der Waals surface area contributed by atoms with Crippen molar-refractivity contribution in [2.75, 3.05) is 6.54 Å². The molecule has 18 heavy (non-hydrogen) atoms. The van der Waals surface area contributed by atoms with Crippen LogP contribution in [0.4, 0.5) is 0 Å². The van der Waals surface area contributed by atoms with Crippen molar-refractivity contribution < 1.29 is 9.63 Å². The van der Waals surface area contributed by atoms with E-state index in [0.29, 0.717) is 31.1 Å². The van der Waals surface area contributed by atoms with Gasteiger partial charge in [0.25, 0.3) is 0 Å². The lowest BCUT2D eigenvalue weighted by Gasteiger charge is -2.01. The Morgan fingerprint density at radius 3 is 3.11 bits per heavy atom. The summed E-state index contributed by atoms with van der Waals surface area (Å²) >= 11 is 1.61. The zero-order valence-corrected chi connectivity index (χ0v) is 10.8. The number of aliphatic hydroxyl groups excluding tert-OH is 1. The van der Waals surface area contributed by atoms with E-state index in [4.69, 9.17) is 4.52 Å². The van der Waals surface area contributed by atoms with Crippen molar-refractivity contribution in [2.45, 2.75) is 31.9 Å². The molecule has 2 atom stereocenters. The zero-order chi connectivity index (χ0) is 12.5. The molecule has 7 heteroatoms. The number of aliphatic hydroxyl groups is 1. The SMILES string of the molecule is Cc1nc(Cc2noc([C@H]3C[C@H](O)CN3)n2)cs1. The monoisotopic (exact) mass is 266 g/mol. The van der Waals surface area contributed by atoms with Crippen molar-refractivity contribution in [3.05, 3.63) is 27.8 Å². The van der Waals surface area contributed by atoms with E-state index in [0.717, 1.165) is 10.7 Å². The topological polar surface area (TPSA) is 84.1 Å². The first-order chi connectivity index (χ1) is 8.70. The molecular formula is C11H14N4O2S. The van der Waals surface area contributed by atoms with Gasteiger partial charge in [-0.15, -0.1) is 11.3 Å². The van der Waals surface area contributed by atoms with Gasteiger partial charge in [-0.1, -0.05) is 5.16 Å². The summed E-state index contributed by atoms with van der Waals surface area (Å²) in [5.74, 6) is 1.19. The molecule has 2 aromatic heterocycles. The van der Waals surface area contributed by atoms with Crippen molar-refractivity contribution in [1.82, 2.24) is 20.4 Å². The Labute approximate surface area is 108 Å². The number of nitrogens with zero attached hydrogens (tertiary/aromatic N) is 3. The Kier molecular flexibility index (Phi) is 3.11. The fraction of sp³-hybridized carbons (Fsp3) is 0.545. The third kappa shape index (κ3) is 2.43. The molecule has 0 saturated carbocycles. The van der Waals surface area contributed by atoms with Crippen LogP contribution in [0.1, 0.15) is 34.9 Å². The Bertz CT molecular complexity index is 539. The maximum atomic E-state index is 9.44. The Hall–Kier alpha value is -1.31. The van der Waals surface area contributed by atoms with E-state index in [2.05, 4.69) is 20.4 Å². The first kappa shape index (κ1) is 11.8. The fourth-order valence-electron chi connectivity index (χ4n) is 2.04. The van der Waals surface area contributed by atoms with E-state index in [9.17, 15) is 5.11 Å². The summed E-state index contributed by atoms with van der Waals surface area (Å²) in [6, 6.07) is -0.0292. The van der Waals surface area contributed by atoms with Gasteiger partial charge in [0.1, 0.15) is 0 Å². The maximum Gasteiger partial charge on any atom is 0.243 e. The van der Waals surface area contributed by atoms with Crippen molar-refractivity contribution in [3.8, 4) is 0 Å². The van der Waals surface area contributed by atoms with Crippen LogP contribution in [0.15, 0.2) is 9.90 Å². The molecule has 1 saturated heterocycles. The highest BCUT2D eigenvalue weighted by Gasteiger charge is 2.28. The summed E-state index contributed by atoms with van der Waals surface area (Å²) in [5, 5.41) is 19.6. The number of β-amino-alcohol motifs (C(OH)–C–C–N with tert-alkyl or cyclic N) is 1. The van der Waals surface area contributed by atoms with Gasteiger partial charge in [0.05, 0.1) is 29.3 Å². The molecule has 1 aliphatic rings. The van der Waals surface area contributed by atoms with Crippen LogP contribution in [-0.2, 0) is 6.42 Å². The molecule has 3 heterocycles. The number of hydrogen-bond acceptors (Lipinski definition) is 7. The summed E-state index contributed by atoms with van der Waals surface area (Å²) in [5.41, 5.74) is 0.962. The summed E-state index contributed by atoms with van der Waals surface area (Å²) in [4.78, 5) is 8.71. The van der Waals surface area contributed by atoms with Crippen LogP contribution in [-0.4, -0.2) is 32.9 Å². The standard InChI is InChI=1S/C11H14N4O2S/c1-6-13-7(5-18-6)2-10-14-11(17-15-10)9-3-8(16)4-12-9/h5,8-9,12,16H,2-4H2,1H3/t8-,9+/m0/s1. The van der Waals surface area contributed by atoms with Gasteiger partial charge in [0.2, 0.25) is 5.89 Å². The lowest BCUT2D eigenvalue weighted by Crippen LogP contribution is -2.15. The van der Waals surface area contributed by atoms with E-state index < -0.39 is 0 Å². The number of hydrogen-bond donors (Lipinski definition) is 2. The molecule has 0 bridgehead atoms. The van der Waals surface area contributed by atoms with Gasteiger partial charge in [0.15, 0.2) is 5.82 Å². The van der Waals surface area contributed by atoms with E-state index in [1.807, 2.05) is 12.3 Å². The van der Waals surface area contributed by atoms with E-state index in [1.165, 1.54) is 0 Å². The summed E-state index contributed by atoms with van der Waals surface area (Å²) in [6.07, 6.45) is 0.882. The largest absolute Gasteiger partial charge is 0.392 e. The number of thiazole rings is 1. The molecule has 0 amide bonds. The third-order valence-electron chi connectivity index (χ3n) is 2.90. The Balaban J connectivity index is 1.70. The molecule has 96 valence electrons.